The smallest absolute Gasteiger partial charge is 0.230 e. The van der Waals surface area contributed by atoms with Crippen LogP contribution in [0.5, 0.6) is 0 Å². The summed E-state index contributed by atoms with van der Waals surface area (Å²) in [7, 11) is 0. The van der Waals surface area contributed by atoms with Crippen LogP contribution in [0.4, 0.5) is 0 Å². The number of aryl methyl sites for hydroxylation is 1. The molecule has 0 aliphatic rings. The molecule has 0 unspecified atom stereocenters. The van der Waals surface area contributed by atoms with Gasteiger partial charge >= 0.3 is 0 Å². The molecule has 0 saturated carbocycles. The SMILES string of the molecule is CSc1nnc(CCCNC(=O)CSc2ccc3ccccc3c2)n1CC(C)C. The molecule has 0 aliphatic carbocycles. The number of hydrogen-bond donors (Lipinski definition) is 1. The van der Waals surface area contributed by atoms with Crippen LogP contribution < -0.4 is 5.32 Å². The van der Waals surface area contributed by atoms with Gasteiger partial charge in [-0.15, -0.1) is 22.0 Å². The van der Waals surface area contributed by atoms with Crippen LogP contribution >= 0.6 is 23.5 Å². The van der Waals surface area contributed by atoms with Gasteiger partial charge in [0.1, 0.15) is 5.82 Å². The van der Waals surface area contributed by atoms with Crippen LogP contribution in [-0.2, 0) is 17.8 Å². The van der Waals surface area contributed by atoms with Gasteiger partial charge in [-0.05, 0) is 41.5 Å². The fourth-order valence-corrected chi connectivity index (χ4v) is 4.43. The van der Waals surface area contributed by atoms with Gasteiger partial charge in [0.25, 0.3) is 0 Å². The lowest BCUT2D eigenvalue weighted by atomic mass is 10.1. The number of carbonyl (C=O) groups excluding carboxylic acids is 1. The van der Waals surface area contributed by atoms with E-state index in [1.165, 1.54) is 10.8 Å². The van der Waals surface area contributed by atoms with E-state index in [2.05, 4.69) is 64.3 Å². The Bertz CT molecular complexity index is 955. The van der Waals surface area contributed by atoms with Crippen molar-refractivity contribution in [2.24, 2.45) is 5.92 Å². The monoisotopic (exact) mass is 428 g/mol. The van der Waals surface area contributed by atoms with Crippen LogP contribution in [0.1, 0.15) is 26.1 Å². The normalized spacial score (nSPS) is 11.3. The Labute approximate surface area is 181 Å². The molecule has 2 aromatic carbocycles. The first-order valence-electron chi connectivity index (χ1n) is 9.91. The van der Waals surface area contributed by atoms with Crippen molar-refractivity contribution in [3.63, 3.8) is 0 Å². The maximum atomic E-state index is 12.2. The van der Waals surface area contributed by atoms with Gasteiger partial charge in [-0.25, -0.2) is 0 Å². The fraction of sp³-hybridized carbons (Fsp3) is 0.409. The third-order valence-corrected chi connectivity index (χ3v) is 6.17. The summed E-state index contributed by atoms with van der Waals surface area (Å²) in [5.41, 5.74) is 0. The lowest BCUT2D eigenvalue weighted by molar-refractivity contribution is -0.118. The van der Waals surface area contributed by atoms with Gasteiger partial charge in [0.15, 0.2) is 5.16 Å². The van der Waals surface area contributed by atoms with E-state index in [9.17, 15) is 4.79 Å². The Hall–Kier alpha value is -1.99. The van der Waals surface area contributed by atoms with E-state index in [0.717, 1.165) is 35.3 Å². The average Bonchev–Trinajstić information content (AvgIpc) is 3.10. The lowest BCUT2D eigenvalue weighted by Crippen LogP contribution is -2.26. The third-order valence-electron chi connectivity index (χ3n) is 4.51. The van der Waals surface area contributed by atoms with Gasteiger partial charge in [0, 0.05) is 24.4 Å². The second-order valence-corrected chi connectivity index (χ2v) is 9.18. The molecule has 1 amide bonds. The molecule has 1 heterocycles. The van der Waals surface area contributed by atoms with Crippen LogP contribution in [-0.4, -0.2) is 39.2 Å². The summed E-state index contributed by atoms with van der Waals surface area (Å²) in [6.45, 7) is 5.97. The second-order valence-electron chi connectivity index (χ2n) is 7.36. The highest BCUT2D eigenvalue weighted by atomic mass is 32.2. The molecule has 1 N–H and O–H groups in total. The fourth-order valence-electron chi connectivity index (χ4n) is 3.13. The highest BCUT2D eigenvalue weighted by Gasteiger charge is 2.12. The number of nitrogens with zero attached hydrogens (tertiary/aromatic N) is 3. The zero-order valence-electron chi connectivity index (χ0n) is 17.2. The van der Waals surface area contributed by atoms with Crippen molar-refractivity contribution in [2.45, 2.75) is 43.3 Å². The summed E-state index contributed by atoms with van der Waals surface area (Å²) in [5, 5.41) is 15.0. The minimum Gasteiger partial charge on any atom is -0.355 e. The predicted molar refractivity (Wildman–Crippen MR) is 123 cm³/mol. The molecule has 0 saturated heterocycles. The van der Waals surface area contributed by atoms with E-state index in [4.69, 9.17) is 0 Å². The van der Waals surface area contributed by atoms with Crippen LogP contribution in [0.25, 0.3) is 10.8 Å². The Balaban J connectivity index is 1.42. The van der Waals surface area contributed by atoms with E-state index >= 15 is 0 Å². The number of aromatic nitrogens is 3. The van der Waals surface area contributed by atoms with Gasteiger partial charge in [0.05, 0.1) is 5.75 Å². The number of thioether (sulfide) groups is 2. The summed E-state index contributed by atoms with van der Waals surface area (Å²) in [4.78, 5) is 13.3. The average molecular weight is 429 g/mol. The highest BCUT2D eigenvalue weighted by Crippen LogP contribution is 2.23. The molecule has 1 aromatic heterocycles. The molecule has 7 heteroatoms. The van der Waals surface area contributed by atoms with Crippen LogP contribution in [0.2, 0.25) is 0 Å². The van der Waals surface area contributed by atoms with Crippen molar-refractivity contribution in [3.8, 4) is 0 Å². The molecule has 0 aliphatic heterocycles. The Kier molecular flexibility index (Phi) is 8.00. The van der Waals surface area contributed by atoms with Crippen LogP contribution in [0, 0.1) is 5.92 Å². The molecular weight excluding hydrogens is 400 g/mol. The minimum absolute atomic E-state index is 0.0663. The highest BCUT2D eigenvalue weighted by molar-refractivity contribution is 8.00. The standard InChI is InChI=1S/C22H28N4OS2/c1-16(2)14-26-20(24-25-22(26)28-3)9-6-12-23-21(27)15-29-19-11-10-17-7-4-5-8-18(17)13-19/h4-5,7-8,10-11,13,16H,6,9,12,14-15H2,1-3H3,(H,23,27). The molecule has 154 valence electrons. The maximum Gasteiger partial charge on any atom is 0.230 e. The zero-order chi connectivity index (χ0) is 20.6. The van der Waals surface area contributed by atoms with E-state index in [0.29, 0.717) is 18.2 Å². The van der Waals surface area contributed by atoms with Crippen molar-refractivity contribution < 1.29 is 4.79 Å². The lowest BCUT2D eigenvalue weighted by Gasteiger charge is -2.11. The summed E-state index contributed by atoms with van der Waals surface area (Å²) < 4.78 is 2.20. The van der Waals surface area contributed by atoms with Crippen molar-refractivity contribution >= 4 is 40.2 Å². The summed E-state index contributed by atoms with van der Waals surface area (Å²) in [6.07, 6.45) is 3.70. The first kappa shape index (κ1) is 21.7. The molecule has 0 fully saturated rings. The van der Waals surface area contributed by atoms with Gasteiger partial charge in [-0.2, -0.15) is 0 Å². The number of nitrogens with one attached hydrogen (secondary N) is 1. The number of rotatable bonds is 10. The second kappa shape index (κ2) is 10.7. The van der Waals surface area contributed by atoms with Crippen LogP contribution in [0.15, 0.2) is 52.5 Å². The van der Waals surface area contributed by atoms with Crippen molar-refractivity contribution in [2.75, 3.05) is 18.6 Å². The Morgan fingerprint density at radius 3 is 2.69 bits per heavy atom. The molecule has 0 bridgehead atoms. The van der Waals surface area contributed by atoms with E-state index in [1.807, 2.05) is 18.4 Å². The summed E-state index contributed by atoms with van der Waals surface area (Å²) in [5.74, 6) is 2.04. The summed E-state index contributed by atoms with van der Waals surface area (Å²) in [6, 6.07) is 14.6. The van der Waals surface area contributed by atoms with Crippen molar-refractivity contribution in [1.29, 1.82) is 0 Å². The Morgan fingerprint density at radius 2 is 1.93 bits per heavy atom. The first-order valence-corrected chi connectivity index (χ1v) is 12.1. The Morgan fingerprint density at radius 1 is 1.14 bits per heavy atom. The van der Waals surface area contributed by atoms with Crippen LogP contribution in [0.3, 0.4) is 0 Å². The maximum absolute atomic E-state index is 12.2. The van der Waals surface area contributed by atoms with Gasteiger partial charge in [-0.3, -0.25) is 4.79 Å². The molecule has 0 atom stereocenters. The zero-order valence-corrected chi connectivity index (χ0v) is 18.9. The number of amides is 1. The third kappa shape index (κ3) is 6.24. The molecule has 3 aromatic rings. The number of benzene rings is 2. The first-order chi connectivity index (χ1) is 14.1. The number of fused-ring (bicyclic) bond motifs is 1. The van der Waals surface area contributed by atoms with E-state index in [-0.39, 0.29) is 5.91 Å². The molecular formula is C22H28N4OS2. The number of hydrogen-bond acceptors (Lipinski definition) is 5. The quantitative estimate of drug-likeness (QED) is 0.376. The molecule has 29 heavy (non-hydrogen) atoms. The topological polar surface area (TPSA) is 59.8 Å². The molecule has 0 spiro atoms. The van der Waals surface area contributed by atoms with Gasteiger partial charge < -0.3 is 9.88 Å². The molecule has 0 radical (unpaired) electrons. The predicted octanol–water partition coefficient (Wildman–Crippen LogP) is 4.65. The molecule has 5 nitrogen and oxygen atoms in total. The minimum atomic E-state index is 0.0663. The molecule has 3 rings (SSSR count). The van der Waals surface area contributed by atoms with Crippen molar-refractivity contribution in [3.05, 3.63) is 48.3 Å². The largest absolute Gasteiger partial charge is 0.355 e. The van der Waals surface area contributed by atoms with E-state index in [1.54, 1.807) is 23.5 Å². The number of carbonyl (C=O) groups is 1. The van der Waals surface area contributed by atoms with E-state index < -0.39 is 0 Å². The van der Waals surface area contributed by atoms with Gasteiger partial charge in [-0.1, -0.05) is 55.9 Å². The summed E-state index contributed by atoms with van der Waals surface area (Å²) >= 11 is 3.20. The van der Waals surface area contributed by atoms with Gasteiger partial charge in [0.2, 0.25) is 5.91 Å². The van der Waals surface area contributed by atoms with Crippen molar-refractivity contribution in [1.82, 2.24) is 20.1 Å².